The van der Waals surface area contributed by atoms with Gasteiger partial charge in [-0.2, -0.15) is 15.2 Å². The van der Waals surface area contributed by atoms with Crippen molar-refractivity contribution in [2.75, 3.05) is 24.4 Å². The van der Waals surface area contributed by atoms with E-state index in [4.69, 9.17) is 4.74 Å². The highest BCUT2D eigenvalue weighted by atomic mass is 79.9. The van der Waals surface area contributed by atoms with E-state index in [2.05, 4.69) is 46.5 Å². The molecule has 4 aromatic rings. The summed E-state index contributed by atoms with van der Waals surface area (Å²) >= 11 is 3.28. The lowest BCUT2D eigenvalue weighted by Crippen LogP contribution is -2.16. The van der Waals surface area contributed by atoms with Gasteiger partial charge < -0.3 is 15.0 Å². The Kier molecular flexibility index (Phi) is 5.59. The van der Waals surface area contributed by atoms with Crippen molar-refractivity contribution in [3.05, 3.63) is 52.6 Å². The molecule has 3 aromatic heterocycles. The zero-order chi connectivity index (χ0) is 22.1. The number of nitrogens with zero attached hydrogens (tertiary/aromatic N) is 6. The second kappa shape index (κ2) is 8.34. The van der Waals surface area contributed by atoms with E-state index in [0.717, 1.165) is 11.3 Å². The average molecular weight is 487 g/mol. The molecule has 0 fully saturated rings. The molecule has 0 aliphatic heterocycles. The zero-order valence-corrected chi connectivity index (χ0v) is 18.9. The minimum atomic E-state index is -0.406. The fourth-order valence-corrected chi connectivity index (χ4v) is 3.40. The van der Waals surface area contributed by atoms with E-state index in [1.807, 2.05) is 26.2 Å². The van der Waals surface area contributed by atoms with Crippen LogP contribution in [0.4, 0.5) is 27.7 Å². The first kappa shape index (κ1) is 20.8. The van der Waals surface area contributed by atoms with Crippen LogP contribution in [-0.4, -0.2) is 44.1 Å². The third-order valence-electron chi connectivity index (χ3n) is 4.56. The Labute approximate surface area is 186 Å². The Morgan fingerprint density at radius 1 is 1.26 bits per heavy atom. The van der Waals surface area contributed by atoms with Crippen molar-refractivity contribution in [1.82, 2.24) is 29.9 Å². The highest BCUT2D eigenvalue weighted by molar-refractivity contribution is 9.10. The number of hydrogen-bond donors (Lipinski definition) is 2. The smallest absolute Gasteiger partial charge is 0.232 e. The maximum Gasteiger partial charge on any atom is 0.232 e. The Morgan fingerprint density at radius 3 is 2.68 bits per heavy atom. The molecule has 3 heterocycles. The van der Waals surface area contributed by atoms with Crippen LogP contribution < -0.4 is 15.0 Å². The van der Waals surface area contributed by atoms with E-state index in [0.29, 0.717) is 33.2 Å². The van der Waals surface area contributed by atoms with Crippen LogP contribution in [0.25, 0.3) is 11.3 Å². The molecule has 0 saturated heterocycles. The topological polar surface area (TPSA) is 96.8 Å². The summed E-state index contributed by atoms with van der Waals surface area (Å²) in [7, 11) is 5.05. The molecule has 11 heteroatoms. The van der Waals surface area contributed by atoms with Crippen molar-refractivity contribution >= 4 is 39.2 Å². The number of halogens is 2. The second-order valence-corrected chi connectivity index (χ2v) is 7.79. The molecule has 2 N–H and O–H groups in total. The molecule has 0 atom stereocenters. The fourth-order valence-electron chi connectivity index (χ4n) is 3.07. The van der Waals surface area contributed by atoms with Gasteiger partial charge in [0.05, 0.1) is 19.0 Å². The number of hydrogen-bond acceptors (Lipinski definition) is 7. The molecule has 0 amide bonds. The van der Waals surface area contributed by atoms with Gasteiger partial charge in [0, 0.05) is 42.1 Å². The Balaban J connectivity index is 1.87. The number of anilines is 4. The summed E-state index contributed by atoms with van der Waals surface area (Å²) in [5.74, 6) is 1.24. The van der Waals surface area contributed by atoms with Crippen LogP contribution in [0.5, 0.6) is 5.75 Å². The van der Waals surface area contributed by atoms with Gasteiger partial charge in [0.15, 0.2) is 17.4 Å². The van der Waals surface area contributed by atoms with Crippen LogP contribution in [0.1, 0.15) is 5.69 Å². The summed E-state index contributed by atoms with van der Waals surface area (Å²) in [6.45, 7) is 1.89. The van der Waals surface area contributed by atoms with Crippen molar-refractivity contribution in [1.29, 1.82) is 0 Å². The predicted molar refractivity (Wildman–Crippen MR) is 120 cm³/mol. The lowest BCUT2D eigenvalue weighted by Gasteiger charge is -2.21. The Hall–Kier alpha value is -3.47. The zero-order valence-electron chi connectivity index (χ0n) is 17.3. The molecule has 0 spiro atoms. The van der Waals surface area contributed by atoms with Crippen molar-refractivity contribution in [2.45, 2.75) is 6.92 Å². The van der Waals surface area contributed by atoms with Gasteiger partial charge in [-0.15, -0.1) is 0 Å². The van der Waals surface area contributed by atoms with Gasteiger partial charge >= 0.3 is 0 Å². The monoisotopic (exact) mass is 486 g/mol. The summed E-state index contributed by atoms with van der Waals surface area (Å²) in [6, 6.07) is 6.64. The highest BCUT2D eigenvalue weighted by Gasteiger charge is 2.22. The van der Waals surface area contributed by atoms with Gasteiger partial charge in [-0.05, 0) is 25.1 Å². The Morgan fingerprint density at radius 2 is 2.06 bits per heavy atom. The first-order chi connectivity index (χ1) is 14.9. The number of aryl methyl sites for hydroxylation is 2. The molecule has 0 unspecified atom stereocenters. The largest absolute Gasteiger partial charge is 0.491 e. The standard InChI is InChI=1S/C20H20BrFN8O/c1-11-7-16(28-27-11)24-19-18(31-4)17(12-9-23-29(2)10-12)25-20(26-19)30(3)15-6-5-13(21)8-14(15)22/h5-10H,1-4H3,(H2,24,25,26,27,28). The van der Waals surface area contributed by atoms with E-state index in [1.165, 1.54) is 13.2 Å². The number of ether oxygens (including phenoxy) is 1. The summed E-state index contributed by atoms with van der Waals surface area (Å²) in [4.78, 5) is 10.8. The van der Waals surface area contributed by atoms with E-state index < -0.39 is 5.82 Å². The van der Waals surface area contributed by atoms with Crippen LogP contribution in [0.15, 0.2) is 41.1 Å². The van der Waals surface area contributed by atoms with Crippen LogP contribution in [0, 0.1) is 12.7 Å². The molecular formula is C20H20BrFN8O. The molecule has 0 aliphatic carbocycles. The highest BCUT2D eigenvalue weighted by Crippen LogP contribution is 2.38. The van der Waals surface area contributed by atoms with Gasteiger partial charge in [0.1, 0.15) is 11.5 Å². The first-order valence-electron chi connectivity index (χ1n) is 9.28. The van der Waals surface area contributed by atoms with Crippen molar-refractivity contribution < 1.29 is 9.13 Å². The molecule has 9 nitrogen and oxygen atoms in total. The Bertz CT molecular complexity index is 1240. The van der Waals surface area contributed by atoms with Gasteiger partial charge in [-0.3, -0.25) is 9.78 Å². The third-order valence-corrected chi connectivity index (χ3v) is 5.05. The van der Waals surface area contributed by atoms with E-state index in [1.54, 1.807) is 35.0 Å². The van der Waals surface area contributed by atoms with E-state index in [9.17, 15) is 4.39 Å². The molecule has 4 rings (SSSR count). The minimum absolute atomic E-state index is 0.274. The maximum absolute atomic E-state index is 14.6. The number of methoxy groups -OCH3 is 1. The third kappa shape index (κ3) is 4.22. The first-order valence-corrected chi connectivity index (χ1v) is 10.1. The second-order valence-electron chi connectivity index (χ2n) is 6.87. The lowest BCUT2D eigenvalue weighted by atomic mass is 10.2. The summed E-state index contributed by atoms with van der Waals surface area (Å²) in [5.41, 5.74) is 2.46. The number of nitrogens with one attached hydrogen (secondary N) is 2. The van der Waals surface area contributed by atoms with E-state index >= 15 is 0 Å². The van der Waals surface area contributed by atoms with Gasteiger partial charge in [0.2, 0.25) is 5.95 Å². The summed E-state index contributed by atoms with van der Waals surface area (Å²) < 4.78 is 22.6. The average Bonchev–Trinajstić information content (AvgIpc) is 3.35. The normalized spacial score (nSPS) is 10.9. The predicted octanol–water partition coefficient (Wildman–Crippen LogP) is 4.33. The van der Waals surface area contributed by atoms with Crippen LogP contribution in [0.2, 0.25) is 0 Å². The fraction of sp³-hybridized carbons (Fsp3) is 0.200. The number of H-pyrrole nitrogens is 1. The SMILES string of the molecule is COc1c(Nc2cc(C)[nH]n2)nc(N(C)c2ccc(Br)cc2F)nc1-c1cnn(C)c1. The van der Waals surface area contributed by atoms with Crippen molar-refractivity contribution in [3.8, 4) is 17.0 Å². The quantitative estimate of drug-likeness (QED) is 0.418. The summed E-state index contributed by atoms with van der Waals surface area (Å²) in [6.07, 6.45) is 3.49. The minimum Gasteiger partial charge on any atom is -0.491 e. The molecule has 0 radical (unpaired) electrons. The number of rotatable bonds is 6. The maximum atomic E-state index is 14.6. The van der Waals surface area contributed by atoms with Crippen LogP contribution in [-0.2, 0) is 7.05 Å². The lowest BCUT2D eigenvalue weighted by molar-refractivity contribution is 0.415. The molecular weight excluding hydrogens is 467 g/mol. The summed E-state index contributed by atoms with van der Waals surface area (Å²) in [5, 5.41) is 14.5. The number of benzene rings is 1. The molecule has 0 saturated carbocycles. The number of aromatic amines is 1. The molecule has 1 aromatic carbocycles. The molecule has 0 bridgehead atoms. The van der Waals surface area contributed by atoms with Gasteiger partial charge in [-0.25, -0.2) is 9.37 Å². The van der Waals surface area contributed by atoms with Crippen LogP contribution >= 0.6 is 15.9 Å². The van der Waals surface area contributed by atoms with Gasteiger partial charge in [-0.1, -0.05) is 15.9 Å². The molecule has 0 aliphatic rings. The van der Waals surface area contributed by atoms with Crippen molar-refractivity contribution in [3.63, 3.8) is 0 Å². The van der Waals surface area contributed by atoms with E-state index in [-0.39, 0.29) is 5.95 Å². The van der Waals surface area contributed by atoms with Crippen molar-refractivity contribution in [2.24, 2.45) is 7.05 Å². The van der Waals surface area contributed by atoms with Gasteiger partial charge in [0.25, 0.3) is 0 Å². The number of aromatic nitrogens is 6. The molecule has 31 heavy (non-hydrogen) atoms. The molecule has 160 valence electrons. The van der Waals surface area contributed by atoms with Crippen LogP contribution in [0.3, 0.4) is 0 Å².